The maximum atomic E-state index is 11.0. The molecule has 0 aliphatic heterocycles. The summed E-state index contributed by atoms with van der Waals surface area (Å²) in [6, 6.07) is 8.36. The van der Waals surface area contributed by atoms with Gasteiger partial charge in [0.25, 0.3) is 0 Å². The summed E-state index contributed by atoms with van der Waals surface area (Å²) in [5.74, 6) is -1.12. The molecule has 2 rings (SSSR count). The van der Waals surface area contributed by atoms with Crippen molar-refractivity contribution in [2.24, 2.45) is 5.73 Å². The summed E-state index contributed by atoms with van der Waals surface area (Å²) in [7, 11) is 0. The number of carboxylic acids is 1. The van der Waals surface area contributed by atoms with Crippen LogP contribution in [0.2, 0.25) is 0 Å². The Balaban J connectivity index is 2.09. The van der Waals surface area contributed by atoms with E-state index in [0.717, 1.165) is 10.4 Å². The molecule has 3 N–H and O–H groups in total. The molecule has 104 valence electrons. The van der Waals surface area contributed by atoms with Gasteiger partial charge in [-0.3, -0.25) is 4.79 Å². The number of hydrogen-bond acceptors (Lipinski definition) is 4. The van der Waals surface area contributed by atoms with Crippen molar-refractivity contribution in [3.05, 3.63) is 51.2 Å². The molecule has 0 atom stereocenters. The maximum absolute atomic E-state index is 11.0. The van der Waals surface area contributed by atoms with Gasteiger partial charge in [-0.1, -0.05) is 12.1 Å². The van der Waals surface area contributed by atoms with Gasteiger partial charge in [0.05, 0.1) is 0 Å². The highest BCUT2D eigenvalue weighted by Gasteiger charge is 2.15. The SMILES string of the molecule is Cc1cc(OCc2ccc(C(N)=O)cc2)c(C(=O)O)s1. The molecule has 1 amide bonds. The molecule has 0 spiro atoms. The lowest BCUT2D eigenvalue weighted by atomic mass is 10.1. The normalized spacial score (nSPS) is 10.2. The van der Waals surface area contributed by atoms with Crippen LogP contribution >= 0.6 is 11.3 Å². The fourth-order valence-corrected chi connectivity index (χ4v) is 2.47. The summed E-state index contributed by atoms with van der Waals surface area (Å²) >= 11 is 1.18. The van der Waals surface area contributed by atoms with Gasteiger partial charge in [0.1, 0.15) is 12.4 Å². The third-order valence-electron chi connectivity index (χ3n) is 2.65. The van der Waals surface area contributed by atoms with Crippen LogP contribution in [0.4, 0.5) is 0 Å². The minimum absolute atomic E-state index is 0.191. The monoisotopic (exact) mass is 291 g/mol. The van der Waals surface area contributed by atoms with Crippen LogP contribution in [-0.2, 0) is 6.61 Å². The van der Waals surface area contributed by atoms with Crippen molar-refractivity contribution in [2.45, 2.75) is 13.5 Å². The molecule has 0 fully saturated rings. The van der Waals surface area contributed by atoms with Gasteiger partial charge in [0.15, 0.2) is 4.88 Å². The van der Waals surface area contributed by atoms with Gasteiger partial charge in [0.2, 0.25) is 5.91 Å². The fourth-order valence-electron chi connectivity index (χ4n) is 1.67. The van der Waals surface area contributed by atoms with Crippen LogP contribution in [0.3, 0.4) is 0 Å². The molecular weight excluding hydrogens is 278 g/mol. The number of primary amides is 1. The Labute approximate surface area is 119 Å². The summed E-state index contributed by atoms with van der Waals surface area (Å²) in [5, 5.41) is 9.05. The fraction of sp³-hybridized carbons (Fsp3) is 0.143. The van der Waals surface area contributed by atoms with E-state index in [4.69, 9.17) is 15.6 Å². The Morgan fingerprint density at radius 2 is 1.95 bits per heavy atom. The third-order valence-corrected chi connectivity index (χ3v) is 3.67. The molecule has 0 aliphatic carbocycles. The van der Waals surface area contributed by atoms with Crippen LogP contribution < -0.4 is 10.5 Å². The molecular formula is C14H13NO4S. The van der Waals surface area contributed by atoms with E-state index in [2.05, 4.69) is 0 Å². The first-order chi connectivity index (χ1) is 9.47. The summed E-state index contributed by atoms with van der Waals surface area (Å²) in [6.07, 6.45) is 0. The second-order valence-electron chi connectivity index (χ2n) is 4.21. The number of thiophene rings is 1. The van der Waals surface area contributed by atoms with Gasteiger partial charge in [-0.05, 0) is 30.7 Å². The largest absolute Gasteiger partial charge is 0.487 e. The Bertz CT molecular complexity index is 646. The number of amides is 1. The molecule has 0 radical (unpaired) electrons. The lowest BCUT2D eigenvalue weighted by molar-refractivity contribution is 0.0697. The van der Waals surface area contributed by atoms with Gasteiger partial charge in [-0.15, -0.1) is 11.3 Å². The molecule has 2 aromatic rings. The lowest BCUT2D eigenvalue weighted by Crippen LogP contribution is -2.10. The highest BCUT2D eigenvalue weighted by atomic mass is 32.1. The quantitative estimate of drug-likeness (QED) is 0.885. The first-order valence-electron chi connectivity index (χ1n) is 5.82. The van der Waals surface area contributed by atoms with E-state index < -0.39 is 11.9 Å². The molecule has 5 nitrogen and oxygen atoms in total. The van der Waals surface area contributed by atoms with Crippen molar-refractivity contribution in [3.63, 3.8) is 0 Å². The van der Waals surface area contributed by atoms with Crippen LogP contribution in [0.15, 0.2) is 30.3 Å². The number of benzene rings is 1. The van der Waals surface area contributed by atoms with Crippen LogP contribution in [0.25, 0.3) is 0 Å². The molecule has 1 heterocycles. The van der Waals surface area contributed by atoms with E-state index in [1.807, 2.05) is 6.92 Å². The number of carbonyl (C=O) groups is 2. The van der Waals surface area contributed by atoms with Crippen LogP contribution in [-0.4, -0.2) is 17.0 Å². The number of carbonyl (C=O) groups excluding carboxylic acids is 1. The zero-order valence-electron chi connectivity index (χ0n) is 10.8. The average Bonchev–Trinajstić information content (AvgIpc) is 2.78. The minimum Gasteiger partial charge on any atom is -0.487 e. The molecule has 0 saturated heterocycles. The lowest BCUT2D eigenvalue weighted by Gasteiger charge is -2.06. The van der Waals surface area contributed by atoms with E-state index in [1.54, 1.807) is 30.3 Å². The van der Waals surface area contributed by atoms with Crippen molar-refractivity contribution < 1.29 is 19.4 Å². The number of hydrogen-bond donors (Lipinski definition) is 2. The van der Waals surface area contributed by atoms with E-state index >= 15 is 0 Å². The summed E-state index contributed by atoms with van der Waals surface area (Å²) in [4.78, 5) is 23.1. The topological polar surface area (TPSA) is 89.6 Å². The first kappa shape index (κ1) is 14.1. The number of nitrogens with two attached hydrogens (primary N) is 1. The Morgan fingerprint density at radius 3 is 2.50 bits per heavy atom. The molecule has 1 aromatic heterocycles. The number of rotatable bonds is 5. The zero-order valence-corrected chi connectivity index (χ0v) is 11.6. The number of ether oxygens (including phenoxy) is 1. The van der Waals surface area contributed by atoms with E-state index in [-0.39, 0.29) is 11.5 Å². The van der Waals surface area contributed by atoms with Gasteiger partial charge in [-0.25, -0.2) is 4.79 Å². The second-order valence-corrected chi connectivity index (χ2v) is 5.46. The number of aromatic carboxylic acids is 1. The molecule has 20 heavy (non-hydrogen) atoms. The molecule has 0 aliphatic rings. The van der Waals surface area contributed by atoms with Crippen molar-refractivity contribution in [1.29, 1.82) is 0 Å². The number of aryl methyl sites for hydroxylation is 1. The summed E-state index contributed by atoms with van der Waals surface area (Å²) in [6.45, 7) is 2.06. The van der Waals surface area contributed by atoms with Crippen molar-refractivity contribution >= 4 is 23.2 Å². The molecule has 0 saturated carbocycles. The highest BCUT2D eigenvalue weighted by molar-refractivity contribution is 7.14. The standard InChI is InChI=1S/C14H13NO4S/c1-8-6-11(12(20-8)14(17)18)19-7-9-2-4-10(5-3-9)13(15)16/h2-6H,7H2,1H3,(H2,15,16)(H,17,18). The Morgan fingerprint density at radius 1 is 1.30 bits per heavy atom. The minimum atomic E-state index is -0.998. The van der Waals surface area contributed by atoms with E-state index in [1.165, 1.54) is 11.3 Å². The molecule has 0 unspecified atom stereocenters. The Kier molecular flexibility index (Phi) is 4.05. The smallest absolute Gasteiger partial charge is 0.349 e. The molecule has 6 heteroatoms. The van der Waals surface area contributed by atoms with Crippen LogP contribution in [0.5, 0.6) is 5.75 Å². The second kappa shape index (κ2) is 5.75. The average molecular weight is 291 g/mol. The highest BCUT2D eigenvalue weighted by Crippen LogP contribution is 2.29. The maximum Gasteiger partial charge on any atom is 0.349 e. The third kappa shape index (κ3) is 3.16. The van der Waals surface area contributed by atoms with Crippen molar-refractivity contribution in [3.8, 4) is 5.75 Å². The van der Waals surface area contributed by atoms with Crippen molar-refractivity contribution in [1.82, 2.24) is 0 Å². The number of carboxylic acid groups (broad SMARTS) is 1. The van der Waals surface area contributed by atoms with Gasteiger partial charge >= 0.3 is 5.97 Å². The Hall–Kier alpha value is -2.34. The van der Waals surface area contributed by atoms with Crippen LogP contribution in [0.1, 0.15) is 30.5 Å². The van der Waals surface area contributed by atoms with Gasteiger partial charge in [0, 0.05) is 10.4 Å². The van der Waals surface area contributed by atoms with E-state index in [0.29, 0.717) is 11.3 Å². The predicted octanol–water partition coefficient (Wildman–Crippen LogP) is 2.43. The van der Waals surface area contributed by atoms with Gasteiger partial charge < -0.3 is 15.6 Å². The van der Waals surface area contributed by atoms with E-state index in [9.17, 15) is 9.59 Å². The summed E-state index contributed by atoms with van der Waals surface area (Å²) < 4.78 is 5.52. The van der Waals surface area contributed by atoms with Crippen molar-refractivity contribution in [2.75, 3.05) is 0 Å². The van der Waals surface area contributed by atoms with Gasteiger partial charge in [-0.2, -0.15) is 0 Å². The van der Waals surface area contributed by atoms with Crippen LogP contribution in [0, 0.1) is 6.92 Å². The molecule has 1 aromatic carbocycles. The predicted molar refractivity (Wildman–Crippen MR) is 75.3 cm³/mol. The molecule has 0 bridgehead atoms. The first-order valence-corrected chi connectivity index (χ1v) is 6.64. The zero-order chi connectivity index (χ0) is 14.7. The summed E-state index contributed by atoms with van der Waals surface area (Å²) in [5.41, 5.74) is 6.40.